The molecule has 0 aliphatic rings. The van der Waals surface area contributed by atoms with Crippen molar-refractivity contribution < 1.29 is 17.9 Å². The zero-order valence-electron chi connectivity index (χ0n) is 10.9. The van der Waals surface area contributed by atoms with Crippen LogP contribution in [0.2, 0.25) is 0 Å². The second-order valence-corrected chi connectivity index (χ2v) is 4.05. The van der Waals surface area contributed by atoms with Gasteiger partial charge < -0.3 is 15.8 Å². The number of nitrogens with one attached hydrogen (secondary N) is 1. The molecule has 0 atom stereocenters. The Morgan fingerprint density at radius 3 is 2.38 bits per heavy atom. The average molecular weight is 298 g/mol. The summed E-state index contributed by atoms with van der Waals surface area (Å²) in [6.07, 6.45) is -1.47. The summed E-state index contributed by atoms with van der Waals surface area (Å²) < 4.78 is 42.7. The third-order valence-corrected chi connectivity index (χ3v) is 2.50. The molecule has 8 heteroatoms. The number of rotatable bonds is 5. The van der Waals surface area contributed by atoms with E-state index >= 15 is 0 Å². The summed E-state index contributed by atoms with van der Waals surface area (Å²) in [6.45, 7) is 0.580. The highest BCUT2D eigenvalue weighted by Crippen LogP contribution is 2.30. The molecule has 3 N–H and O–H groups in total. The van der Waals surface area contributed by atoms with Crippen LogP contribution in [0.5, 0.6) is 5.88 Å². The minimum Gasteiger partial charge on any atom is -0.474 e. The SMILES string of the molecule is NCCOc1nccnc1Nc1ccc(C(F)(F)F)cc1. The van der Waals surface area contributed by atoms with Gasteiger partial charge in [-0.25, -0.2) is 9.97 Å². The number of hydrogen-bond acceptors (Lipinski definition) is 5. The molecular weight excluding hydrogens is 285 g/mol. The van der Waals surface area contributed by atoms with E-state index in [1.54, 1.807) is 0 Å². The van der Waals surface area contributed by atoms with Crippen LogP contribution in [0.15, 0.2) is 36.7 Å². The van der Waals surface area contributed by atoms with Gasteiger partial charge in [-0.2, -0.15) is 13.2 Å². The van der Waals surface area contributed by atoms with Gasteiger partial charge in [0.25, 0.3) is 5.88 Å². The average Bonchev–Trinajstić information content (AvgIpc) is 2.46. The van der Waals surface area contributed by atoms with Crippen molar-refractivity contribution in [1.82, 2.24) is 9.97 Å². The first-order chi connectivity index (χ1) is 10.0. The van der Waals surface area contributed by atoms with Crippen LogP contribution in [0.1, 0.15) is 5.56 Å². The van der Waals surface area contributed by atoms with E-state index in [2.05, 4.69) is 15.3 Å². The molecule has 0 aliphatic heterocycles. The van der Waals surface area contributed by atoms with Crippen LogP contribution >= 0.6 is 0 Å². The normalized spacial score (nSPS) is 11.2. The van der Waals surface area contributed by atoms with Gasteiger partial charge in [0, 0.05) is 24.6 Å². The van der Waals surface area contributed by atoms with Crippen molar-refractivity contribution in [2.45, 2.75) is 6.18 Å². The van der Waals surface area contributed by atoms with Crippen molar-refractivity contribution in [2.75, 3.05) is 18.5 Å². The maximum absolute atomic E-state index is 12.5. The number of halogens is 3. The summed E-state index contributed by atoms with van der Waals surface area (Å²) in [5, 5.41) is 2.85. The Morgan fingerprint density at radius 2 is 1.76 bits per heavy atom. The fourth-order valence-electron chi connectivity index (χ4n) is 1.55. The summed E-state index contributed by atoms with van der Waals surface area (Å²) in [6, 6.07) is 4.59. The number of aromatic nitrogens is 2. The van der Waals surface area contributed by atoms with Gasteiger partial charge in [-0.05, 0) is 24.3 Å². The Bertz CT molecular complexity index is 587. The minimum absolute atomic E-state index is 0.239. The number of nitrogens with zero attached hydrogens (tertiary/aromatic N) is 2. The number of nitrogens with two attached hydrogens (primary N) is 1. The van der Waals surface area contributed by atoms with Crippen molar-refractivity contribution in [3.05, 3.63) is 42.2 Å². The van der Waals surface area contributed by atoms with E-state index in [1.807, 2.05) is 0 Å². The van der Waals surface area contributed by atoms with E-state index in [0.29, 0.717) is 18.1 Å². The molecule has 0 spiro atoms. The molecule has 112 valence electrons. The van der Waals surface area contributed by atoms with Crippen molar-refractivity contribution in [3.63, 3.8) is 0 Å². The smallest absolute Gasteiger partial charge is 0.416 e. The van der Waals surface area contributed by atoms with Crippen LogP contribution in [-0.4, -0.2) is 23.1 Å². The highest BCUT2D eigenvalue weighted by Gasteiger charge is 2.29. The second-order valence-electron chi connectivity index (χ2n) is 4.05. The zero-order valence-corrected chi connectivity index (χ0v) is 10.9. The molecule has 1 aromatic heterocycles. The van der Waals surface area contributed by atoms with Crippen LogP contribution in [0.3, 0.4) is 0 Å². The molecule has 1 heterocycles. The van der Waals surface area contributed by atoms with Gasteiger partial charge in [-0.1, -0.05) is 0 Å². The van der Waals surface area contributed by atoms with Crippen LogP contribution in [-0.2, 0) is 6.18 Å². The summed E-state index contributed by atoms with van der Waals surface area (Å²) in [5.41, 5.74) is 5.07. The number of alkyl halides is 3. The number of hydrogen-bond donors (Lipinski definition) is 2. The molecule has 0 fully saturated rings. The molecule has 0 unspecified atom stereocenters. The van der Waals surface area contributed by atoms with Gasteiger partial charge in [0.15, 0.2) is 5.82 Å². The van der Waals surface area contributed by atoms with E-state index in [0.717, 1.165) is 12.1 Å². The standard InChI is InChI=1S/C13H13F3N4O/c14-13(15,16)9-1-3-10(4-2-9)20-11-12(21-8-5-17)19-7-6-18-11/h1-4,6-7H,5,8,17H2,(H,18,20). The molecule has 1 aromatic carbocycles. The number of benzene rings is 1. The van der Waals surface area contributed by atoms with E-state index in [-0.39, 0.29) is 12.5 Å². The molecule has 0 saturated heterocycles. The Kier molecular flexibility index (Phi) is 4.59. The predicted molar refractivity (Wildman–Crippen MR) is 71.3 cm³/mol. The predicted octanol–water partition coefficient (Wildman–Crippen LogP) is 2.58. The van der Waals surface area contributed by atoms with Gasteiger partial charge in [0.2, 0.25) is 0 Å². The van der Waals surface area contributed by atoms with Crippen molar-refractivity contribution in [2.24, 2.45) is 5.73 Å². The van der Waals surface area contributed by atoms with E-state index < -0.39 is 11.7 Å². The maximum Gasteiger partial charge on any atom is 0.416 e. The molecule has 2 rings (SSSR count). The maximum atomic E-state index is 12.5. The lowest BCUT2D eigenvalue weighted by Crippen LogP contribution is -2.12. The molecule has 0 radical (unpaired) electrons. The second kappa shape index (κ2) is 6.40. The molecule has 5 nitrogen and oxygen atoms in total. The Labute approximate surface area is 119 Å². The molecule has 21 heavy (non-hydrogen) atoms. The van der Waals surface area contributed by atoms with Crippen LogP contribution < -0.4 is 15.8 Å². The Morgan fingerprint density at radius 1 is 1.10 bits per heavy atom. The lowest BCUT2D eigenvalue weighted by Gasteiger charge is -2.11. The summed E-state index contributed by atoms with van der Waals surface area (Å²) >= 11 is 0. The van der Waals surface area contributed by atoms with Crippen molar-refractivity contribution in [1.29, 1.82) is 0 Å². The van der Waals surface area contributed by atoms with Gasteiger partial charge in [0.1, 0.15) is 6.61 Å². The highest BCUT2D eigenvalue weighted by molar-refractivity contribution is 5.60. The third-order valence-electron chi connectivity index (χ3n) is 2.50. The third kappa shape index (κ3) is 4.06. The minimum atomic E-state index is -4.36. The van der Waals surface area contributed by atoms with Gasteiger partial charge in [0.05, 0.1) is 5.56 Å². The fraction of sp³-hybridized carbons (Fsp3) is 0.231. The van der Waals surface area contributed by atoms with Crippen molar-refractivity contribution in [3.8, 4) is 5.88 Å². The van der Waals surface area contributed by atoms with E-state index in [4.69, 9.17) is 10.5 Å². The van der Waals surface area contributed by atoms with Crippen LogP contribution in [0, 0.1) is 0 Å². The first kappa shape index (κ1) is 15.0. The molecule has 2 aromatic rings. The quantitative estimate of drug-likeness (QED) is 0.887. The van der Waals surface area contributed by atoms with Crippen LogP contribution in [0.25, 0.3) is 0 Å². The van der Waals surface area contributed by atoms with Gasteiger partial charge in [-0.3, -0.25) is 0 Å². The van der Waals surface area contributed by atoms with Crippen LogP contribution in [0.4, 0.5) is 24.7 Å². The highest BCUT2D eigenvalue weighted by atomic mass is 19.4. The molecule has 0 saturated carbocycles. The lowest BCUT2D eigenvalue weighted by atomic mass is 10.2. The fourth-order valence-corrected chi connectivity index (χ4v) is 1.55. The molecule has 0 aliphatic carbocycles. The number of ether oxygens (including phenoxy) is 1. The number of anilines is 2. The Balaban J connectivity index is 2.15. The monoisotopic (exact) mass is 298 g/mol. The topological polar surface area (TPSA) is 73.1 Å². The first-order valence-electron chi connectivity index (χ1n) is 6.09. The molecule has 0 amide bonds. The van der Waals surface area contributed by atoms with E-state index in [1.165, 1.54) is 24.5 Å². The first-order valence-corrected chi connectivity index (χ1v) is 6.09. The van der Waals surface area contributed by atoms with Gasteiger partial charge >= 0.3 is 6.18 Å². The zero-order chi connectivity index (χ0) is 15.3. The summed E-state index contributed by atoms with van der Waals surface area (Å²) in [4.78, 5) is 8.02. The molecule has 0 bridgehead atoms. The van der Waals surface area contributed by atoms with Gasteiger partial charge in [-0.15, -0.1) is 0 Å². The van der Waals surface area contributed by atoms with E-state index in [9.17, 15) is 13.2 Å². The van der Waals surface area contributed by atoms with Crippen molar-refractivity contribution >= 4 is 11.5 Å². The Hall–Kier alpha value is -2.35. The largest absolute Gasteiger partial charge is 0.474 e. The summed E-state index contributed by atoms with van der Waals surface area (Å²) in [5.74, 6) is 0.550. The summed E-state index contributed by atoms with van der Waals surface area (Å²) in [7, 11) is 0. The molecular formula is C13H13F3N4O. The lowest BCUT2D eigenvalue weighted by molar-refractivity contribution is -0.137.